The highest BCUT2D eigenvalue weighted by Gasteiger charge is 2.20. The van der Waals surface area contributed by atoms with Gasteiger partial charge in [-0.15, -0.1) is 0 Å². The van der Waals surface area contributed by atoms with Crippen molar-refractivity contribution in [2.24, 2.45) is 0 Å². The lowest BCUT2D eigenvalue weighted by molar-refractivity contribution is 0.601. The highest BCUT2D eigenvalue weighted by atomic mass is 35.5. The van der Waals surface area contributed by atoms with Gasteiger partial charge in [-0.2, -0.15) is 0 Å². The first kappa shape index (κ1) is 14.9. The third kappa shape index (κ3) is 2.98. The maximum absolute atomic E-state index is 12.3. The number of hydrogen-bond donors (Lipinski definition) is 2. The van der Waals surface area contributed by atoms with E-state index in [0.29, 0.717) is 11.3 Å². The van der Waals surface area contributed by atoms with Crippen molar-refractivity contribution < 1.29 is 8.42 Å². The molecule has 3 N–H and O–H groups in total. The summed E-state index contributed by atoms with van der Waals surface area (Å²) in [6.07, 6.45) is 1.46. The molecule has 2 rings (SSSR count). The fourth-order valence-corrected chi connectivity index (χ4v) is 3.44. The lowest BCUT2D eigenvalue weighted by Crippen LogP contribution is -2.14. The molecule has 1 aromatic heterocycles. The van der Waals surface area contributed by atoms with Crippen LogP contribution in [-0.4, -0.2) is 13.4 Å². The maximum atomic E-state index is 12.3. The molecule has 8 heteroatoms. The molecule has 0 saturated carbocycles. The van der Waals surface area contributed by atoms with Crippen LogP contribution in [0, 0.1) is 6.92 Å². The Morgan fingerprint density at radius 2 is 2.00 bits per heavy atom. The summed E-state index contributed by atoms with van der Waals surface area (Å²) in [6, 6.07) is 5.87. The third-order valence-corrected chi connectivity index (χ3v) is 4.74. The Bertz CT molecular complexity index is 763. The van der Waals surface area contributed by atoms with Gasteiger partial charge in [0.15, 0.2) is 5.15 Å². The molecule has 20 heavy (non-hydrogen) atoms. The van der Waals surface area contributed by atoms with Crippen molar-refractivity contribution in [2.45, 2.75) is 11.8 Å². The van der Waals surface area contributed by atoms with Gasteiger partial charge in [-0.1, -0.05) is 23.2 Å². The molecular formula is C12H11Cl2N3O2S. The highest BCUT2D eigenvalue weighted by Crippen LogP contribution is 2.29. The fraction of sp³-hybridized carbons (Fsp3) is 0.0833. The predicted octanol–water partition coefficient (Wildman–Crippen LogP) is 3.08. The van der Waals surface area contributed by atoms with Gasteiger partial charge >= 0.3 is 0 Å². The quantitative estimate of drug-likeness (QED) is 0.668. The van der Waals surface area contributed by atoms with Crippen LogP contribution in [0.25, 0.3) is 0 Å². The Balaban J connectivity index is 2.47. The van der Waals surface area contributed by atoms with Gasteiger partial charge in [0.2, 0.25) is 0 Å². The van der Waals surface area contributed by atoms with E-state index in [4.69, 9.17) is 28.9 Å². The topological polar surface area (TPSA) is 85.1 Å². The van der Waals surface area contributed by atoms with Gasteiger partial charge in [-0.05, 0) is 36.8 Å². The summed E-state index contributed by atoms with van der Waals surface area (Å²) < 4.78 is 26.9. The molecule has 0 aliphatic heterocycles. The van der Waals surface area contributed by atoms with Gasteiger partial charge in [-0.25, -0.2) is 13.4 Å². The summed E-state index contributed by atoms with van der Waals surface area (Å²) in [6.45, 7) is 1.74. The molecule has 1 heterocycles. The molecule has 0 saturated heterocycles. The van der Waals surface area contributed by atoms with Crippen LogP contribution in [0.5, 0.6) is 0 Å². The standard InChI is InChI=1S/C12H11Cl2N3O2S/c1-7-5-8(13)11(6-9(7)15)20(18,19)17-10-3-2-4-16-12(10)14/h2-6,17H,15H2,1H3. The molecule has 5 nitrogen and oxygen atoms in total. The summed E-state index contributed by atoms with van der Waals surface area (Å²) in [4.78, 5) is 3.68. The van der Waals surface area contributed by atoms with E-state index in [2.05, 4.69) is 9.71 Å². The number of sulfonamides is 1. The van der Waals surface area contributed by atoms with E-state index >= 15 is 0 Å². The number of benzene rings is 1. The molecule has 2 aromatic rings. The minimum absolute atomic E-state index is 0.0484. The van der Waals surface area contributed by atoms with Crippen molar-refractivity contribution >= 4 is 44.6 Å². The van der Waals surface area contributed by atoms with Gasteiger partial charge < -0.3 is 5.73 Å². The summed E-state index contributed by atoms with van der Waals surface area (Å²) in [5.74, 6) is 0. The number of nitrogens with one attached hydrogen (secondary N) is 1. The van der Waals surface area contributed by atoms with Crippen molar-refractivity contribution in [3.63, 3.8) is 0 Å². The number of nitrogens with two attached hydrogens (primary N) is 1. The molecule has 0 unspecified atom stereocenters. The Labute approximate surface area is 126 Å². The number of halogens is 2. The number of nitrogens with zero attached hydrogens (tertiary/aromatic N) is 1. The third-order valence-electron chi connectivity index (χ3n) is 2.61. The van der Waals surface area contributed by atoms with E-state index in [1.54, 1.807) is 13.0 Å². The maximum Gasteiger partial charge on any atom is 0.263 e. The molecule has 0 bridgehead atoms. The summed E-state index contributed by atoms with van der Waals surface area (Å²) in [5.41, 5.74) is 6.93. The van der Waals surface area contributed by atoms with E-state index < -0.39 is 10.0 Å². The van der Waals surface area contributed by atoms with Gasteiger partial charge in [-0.3, -0.25) is 4.72 Å². The lowest BCUT2D eigenvalue weighted by atomic mass is 10.2. The van der Waals surface area contributed by atoms with Gasteiger partial charge in [0.25, 0.3) is 10.0 Å². The van der Waals surface area contributed by atoms with Crippen LogP contribution < -0.4 is 10.5 Å². The zero-order chi connectivity index (χ0) is 14.9. The normalized spacial score (nSPS) is 11.3. The second-order valence-electron chi connectivity index (χ2n) is 4.09. The minimum atomic E-state index is -3.89. The smallest absolute Gasteiger partial charge is 0.263 e. The Kier molecular flexibility index (Phi) is 4.08. The molecular weight excluding hydrogens is 321 g/mol. The molecule has 0 radical (unpaired) electrons. The van der Waals surface area contributed by atoms with Crippen molar-refractivity contribution in [1.29, 1.82) is 0 Å². The number of anilines is 2. The second kappa shape index (κ2) is 5.47. The molecule has 0 atom stereocenters. The van der Waals surface area contributed by atoms with Gasteiger partial charge in [0.1, 0.15) is 4.90 Å². The summed E-state index contributed by atoms with van der Waals surface area (Å²) in [7, 11) is -3.89. The van der Waals surface area contributed by atoms with E-state index in [9.17, 15) is 8.42 Å². The van der Waals surface area contributed by atoms with Crippen LogP contribution in [0.3, 0.4) is 0 Å². The predicted molar refractivity (Wildman–Crippen MR) is 80.7 cm³/mol. The van der Waals surface area contributed by atoms with Gasteiger partial charge in [0, 0.05) is 11.9 Å². The molecule has 106 valence electrons. The SMILES string of the molecule is Cc1cc(Cl)c(S(=O)(=O)Nc2cccnc2Cl)cc1N. The molecule has 0 aliphatic rings. The van der Waals surface area contributed by atoms with Crippen molar-refractivity contribution in [3.05, 3.63) is 46.2 Å². The number of aryl methyl sites for hydroxylation is 1. The second-order valence-corrected chi connectivity index (χ2v) is 6.50. The Morgan fingerprint density at radius 1 is 1.30 bits per heavy atom. The largest absolute Gasteiger partial charge is 0.398 e. The van der Waals surface area contributed by atoms with Crippen LogP contribution in [0.2, 0.25) is 10.2 Å². The van der Waals surface area contributed by atoms with Crippen molar-refractivity contribution in [2.75, 3.05) is 10.5 Å². The monoisotopic (exact) mass is 331 g/mol. The van der Waals surface area contributed by atoms with Crippen LogP contribution in [0.15, 0.2) is 35.4 Å². The Hall–Kier alpha value is -1.50. The van der Waals surface area contributed by atoms with Gasteiger partial charge in [0.05, 0.1) is 10.7 Å². The van der Waals surface area contributed by atoms with Crippen LogP contribution in [-0.2, 0) is 10.0 Å². The van der Waals surface area contributed by atoms with Crippen LogP contribution >= 0.6 is 23.2 Å². The average Bonchev–Trinajstić information content (AvgIpc) is 2.36. The first-order valence-corrected chi connectivity index (χ1v) is 7.74. The fourth-order valence-electron chi connectivity index (χ4n) is 1.54. The summed E-state index contributed by atoms with van der Waals surface area (Å²) in [5, 5.41) is 0.136. The number of rotatable bonds is 3. The van der Waals surface area contributed by atoms with E-state index in [1.165, 1.54) is 24.4 Å². The minimum Gasteiger partial charge on any atom is -0.398 e. The molecule has 0 spiro atoms. The Morgan fingerprint density at radius 3 is 2.65 bits per heavy atom. The van der Waals surface area contributed by atoms with E-state index in [0.717, 1.165) is 0 Å². The number of hydrogen-bond acceptors (Lipinski definition) is 4. The number of pyridine rings is 1. The first-order valence-electron chi connectivity index (χ1n) is 5.50. The molecule has 0 amide bonds. The van der Waals surface area contributed by atoms with Crippen molar-refractivity contribution in [1.82, 2.24) is 4.98 Å². The number of nitrogen functional groups attached to an aromatic ring is 1. The zero-order valence-corrected chi connectivity index (χ0v) is 12.7. The molecule has 1 aromatic carbocycles. The number of aromatic nitrogens is 1. The summed E-state index contributed by atoms with van der Waals surface area (Å²) >= 11 is 11.8. The van der Waals surface area contributed by atoms with Crippen molar-refractivity contribution in [3.8, 4) is 0 Å². The average molecular weight is 332 g/mol. The van der Waals surface area contributed by atoms with E-state index in [-0.39, 0.29) is 20.8 Å². The van der Waals surface area contributed by atoms with E-state index in [1.807, 2.05) is 0 Å². The highest BCUT2D eigenvalue weighted by molar-refractivity contribution is 7.92. The lowest BCUT2D eigenvalue weighted by Gasteiger charge is -2.12. The molecule has 0 fully saturated rings. The first-order chi connectivity index (χ1) is 9.31. The molecule has 0 aliphatic carbocycles. The zero-order valence-electron chi connectivity index (χ0n) is 10.4. The van der Waals surface area contributed by atoms with Crippen LogP contribution in [0.1, 0.15) is 5.56 Å². The van der Waals surface area contributed by atoms with Crippen LogP contribution in [0.4, 0.5) is 11.4 Å².